The van der Waals surface area contributed by atoms with Gasteiger partial charge >= 0.3 is 0 Å². The van der Waals surface area contributed by atoms with E-state index in [2.05, 4.69) is 18.1 Å². The van der Waals surface area contributed by atoms with Crippen LogP contribution in [0, 0.1) is 13.8 Å². The second-order valence-electron chi connectivity index (χ2n) is 6.43. The maximum absolute atomic E-state index is 12.3. The molecule has 3 N–H and O–H groups in total. The summed E-state index contributed by atoms with van der Waals surface area (Å²) in [6.07, 6.45) is 1.80. The van der Waals surface area contributed by atoms with Gasteiger partial charge in [-0.25, -0.2) is 0 Å². The molecule has 5 heteroatoms. The van der Waals surface area contributed by atoms with E-state index in [9.17, 15) is 9.90 Å². The van der Waals surface area contributed by atoms with Crippen LogP contribution in [0.1, 0.15) is 40.7 Å². The largest absolute Gasteiger partial charge is 0.508 e. The molecule has 0 aliphatic heterocycles. The van der Waals surface area contributed by atoms with E-state index in [1.165, 1.54) is 0 Å². The lowest BCUT2D eigenvalue weighted by Gasteiger charge is -2.16. The molecule has 0 saturated carbocycles. The number of aromatic hydroxyl groups is 1. The maximum atomic E-state index is 12.3. The summed E-state index contributed by atoms with van der Waals surface area (Å²) in [6, 6.07) is 10.8. The fourth-order valence-electron chi connectivity index (χ4n) is 3.31. The number of hydrogen-bond acceptors (Lipinski definition) is 4. The van der Waals surface area contributed by atoms with Crippen LogP contribution in [0.5, 0.6) is 5.75 Å². The molecule has 0 atom stereocenters. The average Bonchev–Trinajstić information content (AvgIpc) is 2.94. The topological polar surface area (TPSA) is 89.4 Å². The predicted octanol–water partition coefficient (Wildman–Crippen LogP) is 4.38. The van der Waals surface area contributed by atoms with E-state index in [0.717, 1.165) is 40.7 Å². The van der Waals surface area contributed by atoms with Crippen molar-refractivity contribution in [2.24, 2.45) is 5.73 Å². The van der Waals surface area contributed by atoms with E-state index in [0.29, 0.717) is 17.0 Å². The van der Waals surface area contributed by atoms with Crippen LogP contribution in [0.15, 0.2) is 40.9 Å². The van der Waals surface area contributed by atoms with Crippen LogP contribution in [0.2, 0.25) is 0 Å². The standard InChI is InChI=1S/C21H22N2O3/c1-4-5-14-10-17(15-6-8-16(24)9-7-15)20(18(11-14)21(22)25)19-12(2)23-26-13(19)3/h6-11,24H,4-5H2,1-3H3,(H2,22,25). The second-order valence-corrected chi connectivity index (χ2v) is 6.43. The summed E-state index contributed by atoms with van der Waals surface area (Å²) in [5, 5.41) is 13.7. The molecule has 2 aromatic carbocycles. The lowest BCUT2D eigenvalue weighted by atomic mass is 9.87. The molecule has 3 rings (SSSR count). The molecule has 0 spiro atoms. The Morgan fingerprint density at radius 2 is 1.85 bits per heavy atom. The van der Waals surface area contributed by atoms with Crippen LogP contribution in [0.4, 0.5) is 0 Å². The quantitative estimate of drug-likeness (QED) is 0.714. The van der Waals surface area contributed by atoms with Gasteiger partial charge in [-0.3, -0.25) is 4.79 Å². The monoisotopic (exact) mass is 350 g/mol. The molecule has 0 fully saturated rings. The van der Waals surface area contributed by atoms with Gasteiger partial charge in [-0.15, -0.1) is 0 Å². The lowest BCUT2D eigenvalue weighted by molar-refractivity contribution is 0.100. The van der Waals surface area contributed by atoms with Gasteiger partial charge in [0.05, 0.1) is 5.69 Å². The third kappa shape index (κ3) is 3.20. The Hall–Kier alpha value is -3.08. The zero-order valence-electron chi connectivity index (χ0n) is 15.2. The lowest BCUT2D eigenvalue weighted by Crippen LogP contribution is -2.14. The molecule has 26 heavy (non-hydrogen) atoms. The number of rotatable bonds is 5. The van der Waals surface area contributed by atoms with E-state index < -0.39 is 5.91 Å². The zero-order chi connectivity index (χ0) is 18.8. The Labute approximate surface area is 152 Å². The fourth-order valence-corrected chi connectivity index (χ4v) is 3.31. The van der Waals surface area contributed by atoms with Crippen LogP contribution in [-0.2, 0) is 6.42 Å². The number of amides is 1. The SMILES string of the molecule is CCCc1cc(C(N)=O)c(-c2c(C)noc2C)c(-c2ccc(O)cc2)c1. The number of nitrogens with two attached hydrogens (primary N) is 1. The van der Waals surface area contributed by atoms with Gasteiger partial charge in [0.15, 0.2) is 0 Å². The molecule has 0 bridgehead atoms. The van der Waals surface area contributed by atoms with Crippen LogP contribution in [0.25, 0.3) is 22.3 Å². The Bertz CT molecular complexity index is 937. The molecule has 1 heterocycles. The highest BCUT2D eigenvalue weighted by Gasteiger charge is 2.23. The van der Waals surface area contributed by atoms with Crippen molar-refractivity contribution >= 4 is 5.91 Å². The third-order valence-electron chi connectivity index (χ3n) is 4.46. The molecular weight excluding hydrogens is 328 g/mol. The number of phenolic OH excluding ortho intramolecular Hbond substituents is 1. The van der Waals surface area contributed by atoms with E-state index in [4.69, 9.17) is 10.3 Å². The number of carbonyl (C=O) groups excluding carboxylic acids is 1. The zero-order valence-corrected chi connectivity index (χ0v) is 15.2. The van der Waals surface area contributed by atoms with Crippen molar-refractivity contribution in [3.05, 3.63) is 59.0 Å². The predicted molar refractivity (Wildman–Crippen MR) is 101 cm³/mol. The van der Waals surface area contributed by atoms with Crippen molar-refractivity contribution in [2.45, 2.75) is 33.6 Å². The van der Waals surface area contributed by atoms with Crippen molar-refractivity contribution in [3.8, 4) is 28.0 Å². The van der Waals surface area contributed by atoms with Gasteiger partial charge in [0.25, 0.3) is 0 Å². The van der Waals surface area contributed by atoms with Crippen LogP contribution >= 0.6 is 0 Å². The molecule has 3 aromatic rings. The van der Waals surface area contributed by atoms with Crippen molar-refractivity contribution in [2.75, 3.05) is 0 Å². The first kappa shape index (κ1) is 17.7. The van der Waals surface area contributed by atoms with Gasteiger partial charge in [0, 0.05) is 16.7 Å². The highest BCUT2D eigenvalue weighted by Crippen LogP contribution is 2.39. The van der Waals surface area contributed by atoms with Crippen LogP contribution < -0.4 is 5.73 Å². The molecule has 134 valence electrons. The Morgan fingerprint density at radius 1 is 1.15 bits per heavy atom. The summed E-state index contributed by atoms with van der Waals surface area (Å²) in [5.41, 5.74) is 11.2. The minimum absolute atomic E-state index is 0.187. The average molecular weight is 350 g/mol. The Kier molecular flexibility index (Phi) is 4.80. The molecule has 0 unspecified atom stereocenters. The number of carbonyl (C=O) groups is 1. The summed E-state index contributed by atoms with van der Waals surface area (Å²) in [7, 11) is 0. The van der Waals surface area contributed by atoms with E-state index in [1.807, 2.05) is 32.0 Å². The first-order chi connectivity index (χ1) is 12.4. The van der Waals surface area contributed by atoms with E-state index in [-0.39, 0.29) is 5.75 Å². The van der Waals surface area contributed by atoms with E-state index in [1.54, 1.807) is 12.1 Å². The number of primary amides is 1. The first-order valence-corrected chi connectivity index (χ1v) is 8.61. The third-order valence-corrected chi connectivity index (χ3v) is 4.46. The van der Waals surface area contributed by atoms with Crippen LogP contribution in [0.3, 0.4) is 0 Å². The van der Waals surface area contributed by atoms with Crippen LogP contribution in [-0.4, -0.2) is 16.2 Å². The highest BCUT2D eigenvalue weighted by molar-refractivity contribution is 6.05. The second kappa shape index (κ2) is 7.04. The molecule has 0 saturated heterocycles. The number of phenols is 1. The molecule has 0 radical (unpaired) electrons. The van der Waals surface area contributed by atoms with Gasteiger partial charge in [0.1, 0.15) is 11.5 Å². The summed E-state index contributed by atoms with van der Waals surface area (Å²) >= 11 is 0. The Morgan fingerprint density at radius 3 is 2.38 bits per heavy atom. The smallest absolute Gasteiger partial charge is 0.249 e. The first-order valence-electron chi connectivity index (χ1n) is 8.61. The molecule has 0 aliphatic carbocycles. The maximum Gasteiger partial charge on any atom is 0.249 e. The number of nitrogens with zero attached hydrogens (tertiary/aromatic N) is 1. The fraction of sp³-hybridized carbons (Fsp3) is 0.238. The number of aromatic nitrogens is 1. The summed E-state index contributed by atoms with van der Waals surface area (Å²) in [4.78, 5) is 12.3. The molecular formula is C21H22N2O3. The van der Waals surface area contributed by atoms with Gasteiger partial charge in [-0.05, 0) is 55.2 Å². The highest BCUT2D eigenvalue weighted by atomic mass is 16.5. The minimum atomic E-state index is -0.488. The summed E-state index contributed by atoms with van der Waals surface area (Å²) < 4.78 is 5.33. The van der Waals surface area contributed by atoms with Gasteiger partial charge in [-0.2, -0.15) is 0 Å². The van der Waals surface area contributed by atoms with Gasteiger partial charge < -0.3 is 15.4 Å². The van der Waals surface area contributed by atoms with E-state index >= 15 is 0 Å². The summed E-state index contributed by atoms with van der Waals surface area (Å²) in [5.74, 6) is 0.332. The van der Waals surface area contributed by atoms with Crippen molar-refractivity contribution in [1.82, 2.24) is 5.16 Å². The Balaban J connectivity index is 2.39. The van der Waals surface area contributed by atoms with Gasteiger partial charge in [0.2, 0.25) is 5.91 Å². The van der Waals surface area contributed by atoms with Crippen molar-refractivity contribution < 1.29 is 14.4 Å². The summed E-state index contributed by atoms with van der Waals surface area (Å²) in [6.45, 7) is 5.75. The number of aryl methyl sites for hydroxylation is 3. The molecule has 1 amide bonds. The number of hydrogen-bond donors (Lipinski definition) is 2. The number of benzene rings is 2. The minimum Gasteiger partial charge on any atom is -0.508 e. The van der Waals surface area contributed by atoms with Crippen molar-refractivity contribution in [3.63, 3.8) is 0 Å². The van der Waals surface area contributed by atoms with Gasteiger partial charge in [-0.1, -0.05) is 36.7 Å². The normalized spacial score (nSPS) is 10.9. The molecule has 1 aromatic heterocycles. The molecule has 5 nitrogen and oxygen atoms in total. The molecule has 0 aliphatic rings. The van der Waals surface area contributed by atoms with Crippen molar-refractivity contribution in [1.29, 1.82) is 0 Å².